The third-order valence-corrected chi connectivity index (χ3v) is 1.32. The Morgan fingerprint density at radius 2 is 2.00 bits per heavy atom. The van der Waals surface area contributed by atoms with Gasteiger partial charge >= 0.3 is 0 Å². The zero-order chi connectivity index (χ0) is 8.27. The van der Waals surface area contributed by atoms with Gasteiger partial charge in [-0.2, -0.15) is 0 Å². The molecule has 0 aliphatic heterocycles. The summed E-state index contributed by atoms with van der Waals surface area (Å²) < 4.78 is 0. The van der Waals surface area contributed by atoms with E-state index in [2.05, 4.69) is 9.97 Å². The second-order valence-electron chi connectivity index (χ2n) is 2.13. The lowest BCUT2D eigenvalue weighted by molar-refractivity contribution is -0.116. The Balaban J connectivity index is 2.85. The maximum Gasteiger partial charge on any atom is 0.231 e. The molecule has 0 fully saturated rings. The first-order chi connectivity index (χ1) is 5.22. The normalized spacial score (nSPS) is 9.27. The average molecular weight is 151 g/mol. The van der Waals surface area contributed by atoms with Gasteiger partial charge in [-0.3, -0.25) is 9.69 Å². The molecule has 11 heavy (non-hydrogen) atoms. The summed E-state index contributed by atoms with van der Waals surface area (Å²) in [5.41, 5.74) is 0. The van der Waals surface area contributed by atoms with Crippen LogP contribution in [0.5, 0.6) is 0 Å². The molecule has 0 saturated heterocycles. The highest BCUT2D eigenvalue weighted by Crippen LogP contribution is 2.00. The number of hydrogen-bond acceptors (Lipinski definition) is 3. The van der Waals surface area contributed by atoms with Crippen LogP contribution in [0.25, 0.3) is 0 Å². The summed E-state index contributed by atoms with van der Waals surface area (Å²) in [5.74, 6) is 0.358. The number of amides is 1. The number of carbonyl (C=O) groups excluding carboxylic acids is 1. The molecule has 0 atom stereocenters. The van der Waals surface area contributed by atoms with Crippen molar-refractivity contribution in [3.63, 3.8) is 0 Å². The smallest absolute Gasteiger partial charge is 0.231 e. The number of anilines is 1. The zero-order valence-electron chi connectivity index (χ0n) is 6.48. The Kier molecular flexibility index (Phi) is 2.15. The SMILES string of the molecule is CC(=O)N(C)c1ncccn1. The van der Waals surface area contributed by atoms with Gasteiger partial charge in [0.2, 0.25) is 11.9 Å². The maximum absolute atomic E-state index is 10.8. The first-order valence-electron chi connectivity index (χ1n) is 3.23. The summed E-state index contributed by atoms with van der Waals surface area (Å²) in [6, 6.07) is 1.71. The summed E-state index contributed by atoms with van der Waals surface area (Å²) in [4.78, 5) is 20.0. The van der Waals surface area contributed by atoms with E-state index in [0.29, 0.717) is 5.95 Å². The number of nitrogens with zero attached hydrogens (tertiary/aromatic N) is 3. The fraction of sp³-hybridized carbons (Fsp3) is 0.286. The monoisotopic (exact) mass is 151 g/mol. The third kappa shape index (κ3) is 1.73. The van der Waals surface area contributed by atoms with Gasteiger partial charge in [0, 0.05) is 26.4 Å². The fourth-order valence-corrected chi connectivity index (χ4v) is 0.605. The van der Waals surface area contributed by atoms with E-state index in [1.54, 1.807) is 25.5 Å². The van der Waals surface area contributed by atoms with E-state index in [0.717, 1.165) is 0 Å². The quantitative estimate of drug-likeness (QED) is 0.585. The first-order valence-corrected chi connectivity index (χ1v) is 3.23. The van der Waals surface area contributed by atoms with Crippen LogP contribution >= 0.6 is 0 Å². The summed E-state index contributed by atoms with van der Waals surface area (Å²) in [6.45, 7) is 1.47. The Morgan fingerprint density at radius 1 is 1.45 bits per heavy atom. The van der Waals surface area contributed by atoms with Crippen molar-refractivity contribution in [3.8, 4) is 0 Å². The summed E-state index contributed by atoms with van der Waals surface area (Å²) in [6.07, 6.45) is 3.20. The molecule has 1 rings (SSSR count). The van der Waals surface area contributed by atoms with E-state index in [9.17, 15) is 4.79 Å². The van der Waals surface area contributed by atoms with E-state index in [1.165, 1.54) is 11.8 Å². The van der Waals surface area contributed by atoms with Crippen molar-refractivity contribution in [1.82, 2.24) is 9.97 Å². The second kappa shape index (κ2) is 3.09. The highest BCUT2D eigenvalue weighted by molar-refractivity contribution is 5.88. The molecular weight excluding hydrogens is 142 g/mol. The largest absolute Gasteiger partial charge is 0.284 e. The summed E-state index contributed by atoms with van der Waals surface area (Å²) >= 11 is 0. The van der Waals surface area contributed by atoms with E-state index < -0.39 is 0 Å². The Labute approximate surface area is 64.9 Å². The van der Waals surface area contributed by atoms with Gasteiger partial charge in [-0.05, 0) is 6.07 Å². The molecule has 0 bridgehead atoms. The van der Waals surface area contributed by atoms with Crippen molar-refractivity contribution >= 4 is 11.9 Å². The lowest BCUT2D eigenvalue weighted by Gasteiger charge is -2.10. The van der Waals surface area contributed by atoms with Crippen LogP contribution in [0.15, 0.2) is 18.5 Å². The van der Waals surface area contributed by atoms with E-state index in [4.69, 9.17) is 0 Å². The maximum atomic E-state index is 10.8. The average Bonchev–Trinajstić information content (AvgIpc) is 2.05. The molecule has 4 heteroatoms. The molecule has 0 spiro atoms. The molecule has 0 aliphatic carbocycles. The summed E-state index contributed by atoms with van der Waals surface area (Å²) in [7, 11) is 1.64. The molecule has 0 aliphatic rings. The topological polar surface area (TPSA) is 46.1 Å². The molecule has 0 saturated carbocycles. The molecule has 0 aromatic carbocycles. The van der Waals surface area contributed by atoms with Gasteiger partial charge in [0.1, 0.15) is 0 Å². The van der Waals surface area contributed by atoms with Crippen molar-refractivity contribution in [3.05, 3.63) is 18.5 Å². The minimum absolute atomic E-state index is 0.0730. The Bertz CT molecular complexity index is 247. The molecule has 1 aromatic heterocycles. The van der Waals surface area contributed by atoms with Crippen molar-refractivity contribution in [1.29, 1.82) is 0 Å². The predicted molar refractivity (Wildman–Crippen MR) is 41.1 cm³/mol. The molecule has 58 valence electrons. The second-order valence-corrected chi connectivity index (χ2v) is 2.13. The Morgan fingerprint density at radius 3 is 2.45 bits per heavy atom. The highest BCUT2D eigenvalue weighted by atomic mass is 16.2. The van der Waals surface area contributed by atoms with Crippen LogP contribution in [0.1, 0.15) is 6.92 Å². The van der Waals surface area contributed by atoms with E-state index in [-0.39, 0.29) is 5.91 Å². The van der Waals surface area contributed by atoms with Gasteiger partial charge < -0.3 is 0 Å². The number of rotatable bonds is 1. The van der Waals surface area contributed by atoms with Gasteiger partial charge in [0.25, 0.3) is 0 Å². The van der Waals surface area contributed by atoms with Gasteiger partial charge in [0.05, 0.1) is 0 Å². The zero-order valence-corrected chi connectivity index (χ0v) is 6.48. The van der Waals surface area contributed by atoms with Crippen LogP contribution in [0.4, 0.5) is 5.95 Å². The molecular formula is C7H9N3O. The van der Waals surface area contributed by atoms with Crippen molar-refractivity contribution in [2.24, 2.45) is 0 Å². The van der Waals surface area contributed by atoms with E-state index >= 15 is 0 Å². The molecule has 0 N–H and O–H groups in total. The lowest BCUT2D eigenvalue weighted by Crippen LogP contribution is -2.24. The molecule has 1 amide bonds. The molecule has 1 heterocycles. The van der Waals surface area contributed by atoms with Crippen LogP contribution < -0.4 is 4.90 Å². The molecule has 0 unspecified atom stereocenters. The van der Waals surface area contributed by atoms with Gasteiger partial charge in [-0.1, -0.05) is 0 Å². The van der Waals surface area contributed by atoms with Crippen LogP contribution in [-0.2, 0) is 4.79 Å². The summed E-state index contributed by atoms with van der Waals surface area (Å²) in [5, 5.41) is 0. The van der Waals surface area contributed by atoms with Gasteiger partial charge in [-0.25, -0.2) is 9.97 Å². The minimum Gasteiger partial charge on any atom is -0.284 e. The van der Waals surface area contributed by atoms with Crippen LogP contribution in [-0.4, -0.2) is 22.9 Å². The molecule has 4 nitrogen and oxygen atoms in total. The number of carbonyl (C=O) groups is 1. The number of aromatic nitrogens is 2. The third-order valence-electron chi connectivity index (χ3n) is 1.32. The van der Waals surface area contributed by atoms with Gasteiger partial charge in [-0.15, -0.1) is 0 Å². The molecule has 0 radical (unpaired) electrons. The predicted octanol–water partition coefficient (Wildman–Crippen LogP) is 0.459. The highest BCUT2D eigenvalue weighted by Gasteiger charge is 2.05. The minimum atomic E-state index is -0.0730. The first kappa shape index (κ1) is 7.65. The van der Waals surface area contributed by atoms with Crippen LogP contribution in [0.2, 0.25) is 0 Å². The van der Waals surface area contributed by atoms with Crippen molar-refractivity contribution < 1.29 is 4.79 Å². The Hall–Kier alpha value is -1.45. The van der Waals surface area contributed by atoms with E-state index in [1.807, 2.05) is 0 Å². The lowest BCUT2D eigenvalue weighted by atomic mass is 10.6. The number of hydrogen-bond donors (Lipinski definition) is 0. The standard InChI is InChI=1S/C7H9N3O/c1-6(11)10(2)7-8-4-3-5-9-7/h3-5H,1-2H3. The van der Waals surface area contributed by atoms with Crippen molar-refractivity contribution in [2.75, 3.05) is 11.9 Å². The van der Waals surface area contributed by atoms with Gasteiger partial charge in [0.15, 0.2) is 0 Å². The van der Waals surface area contributed by atoms with Crippen LogP contribution in [0, 0.1) is 0 Å². The fourth-order valence-electron chi connectivity index (χ4n) is 0.605. The molecule has 1 aromatic rings. The van der Waals surface area contributed by atoms with Crippen LogP contribution in [0.3, 0.4) is 0 Å². The van der Waals surface area contributed by atoms with Crippen molar-refractivity contribution in [2.45, 2.75) is 6.92 Å².